The number of sulfonamides is 1. The molecule has 5 rings (SSSR count). The van der Waals surface area contributed by atoms with Gasteiger partial charge >= 0.3 is 0 Å². The molecule has 0 aliphatic carbocycles. The van der Waals surface area contributed by atoms with Gasteiger partial charge in [-0.05, 0) is 44.7 Å². The molecule has 0 saturated carbocycles. The van der Waals surface area contributed by atoms with Crippen LogP contribution in [0.1, 0.15) is 19.4 Å². The van der Waals surface area contributed by atoms with E-state index in [1.165, 1.54) is 12.4 Å². The van der Waals surface area contributed by atoms with Gasteiger partial charge in [0.2, 0.25) is 11.8 Å². The number of aromatic amines is 1. The Kier molecular flexibility index (Phi) is 8.62. The van der Waals surface area contributed by atoms with Crippen LogP contribution in [0.2, 0.25) is 5.02 Å². The molecule has 0 spiro atoms. The zero-order valence-electron chi connectivity index (χ0n) is 23.1. The second-order valence-electron chi connectivity index (χ2n) is 9.48. The van der Waals surface area contributed by atoms with Crippen molar-refractivity contribution in [3.8, 4) is 28.6 Å². The first-order valence-corrected chi connectivity index (χ1v) is 15.2. The quantitative estimate of drug-likeness (QED) is 0.264. The first-order chi connectivity index (χ1) is 19.8. The lowest BCUT2D eigenvalue weighted by Crippen LogP contribution is -2.44. The van der Waals surface area contributed by atoms with Gasteiger partial charge in [0, 0.05) is 43.5 Å². The molecule has 2 aromatic heterocycles. The van der Waals surface area contributed by atoms with Crippen molar-refractivity contribution in [3.63, 3.8) is 0 Å². The van der Waals surface area contributed by atoms with Crippen LogP contribution in [0.5, 0.6) is 17.4 Å². The number of ether oxygens (including phenoxy) is 2. The number of nitrogens with one attached hydrogen (secondary N) is 2. The molecular formula is C28H32ClN7O4S. The van der Waals surface area contributed by atoms with E-state index < -0.39 is 10.0 Å². The van der Waals surface area contributed by atoms with Crippen LogP contribution in [0.4, 0.5) is 11.6 Å². The Morgan fingerprint density at radius 2 is 1.78 bits per heavy atom. The summed E-state index contributed by atoms with van der Waals surface area (Å²) in [6, 6.07) is 13.1. The molecule has 0 bridgehead atoms. The van der Waals surface area contributed by atoms with Gasteiger partial charge < -0.3 is 19.3 Å². The minimum atomic E-state index is -4.02. The number of likely N-dealkylation sites (N-methyl/N-ethyl adjacent to an activating group) is 1. The molecule has 0 radical (unpaired) electrons. The van der Waals surface area contributed by atoms with Crippen molar-refractivity contribution in [2.75, 3.05) is 49.5 Å². The number of benzene rings is 2. The monoisotopic (exact) mass is 597 g/mol. The van der Waals surface area contributed by atoms with E-state index in [1.807, 2.05) is 50.2 Å². The Hall–Kier alpha value is -3.87. The summed E-state index contributed by atoms with van der Waals surface area (Å²) in [6.07, 6.45) is 2.97. The highest BCUT2D eigenvalue weighted by atomic mass is 35.5. The predicted molar refractivity (Wildman–Crippen MR) is 159 cm³/mol. The summed E-state index contributed by atoms with van der Waals surface area (Å²) >= 11 is 6.90. The molecule has 216 valence electrons. The standard InChI is InChI=1S/C28H32ClN7O4S/c1-4-20-26(21-9-6-7-11-23(21)39-5-2)32-28(34-41(37,38)19-17-30-31-18-19)33-27(20)40-24-12-8-10-22(25(24)29)36-15-13-35(3)14-16-36/h6-12,17-18H,4-5,13-16H2,1-3H3,(H,30,31)(H,32,33,34). The van der Waals surface area contributed by atoms with Gasteiger partial charge in [0.1, 0.15) is 21.4 Å². The number of rotatable bonds is 10. The fraction of sp³-hybridized carbons (Fsp3) is 0.321. The average molecular weight is 598 g/mol. The molecule has 0 atom stereocenters. The van der Waals surface area contributed by atoms with Gasteiger partial charge in [0.15, 0.2) is 0 Å². The minimum absolute atomic E-state index is 0.0534. The largest absolute Gasteiger partial charge is 0.493 e. The molecule has 11 nitrogen and oxygen atoms in total. The highest BCUT2D eigenvalue weighted by molar-refractivity contribution is 7.92. The summed E-state index contributed by atoms with van der Waals surface area (Å²) in [5.74, 6) is 1.04. The first-order valence-electron chi connectivity index (χ1n) is 13.3. The van der Waals surface area contributed by atoms with Gasteiger partial charge in [-0.3, -0.25) is 5.10 Å². The van der Waals surface area contributed by atoms with Crippen LogP contribution < -0.4 is 19.1 Å². The molecule has 1 aliphatic heterocycles. The molecule has 13 heteroatoms. The average Bonchev–Trinajstić information content (AvgIpc) is 3.52. The van der Waals surface area contributed by atoms with Crippen molar-refractivity contribution < 1.29 is 17.9 Å². The van der Waals surface area contributed by atoms with Crippen molar-refractivity contribution in [1.82, 2.24) is 25.1 Å². The molecular weight excluding hydrogens is 566 g/mol. The second kappa shape index (κ2) is 12.3. The highest BCUT2D eigenvalue weighted by Crippen LogP contribution is 2.41. The van der Waals surface area contributed by atoms with Gasteiger partial charge in [-0.15, -0.1) is 0 Å². The Bertz CT molecular complexity index is 1610. The van der Waals surface area contributed by atoms with E-state index in [9.17, 15) is 8.42 Å². The Labute approximate surface area is 244 Å². The van der Waals surface area contributed by atoms with Crippen LogP contribution >= 0.6 is 11.6 Å². The topological polar surface area (TPSA) is 126 Å². The molecule has 1 fully saturated rings. The predicted octanol–water partition coefficient (Wildman–Crippen LogP) is 4.83. The number of anilines is 2. The molecule has 1 saturated heterocycles. The van der Waals surface area contributed by atoms with E-state index in [-0.39, 0.29) is 16.7 Å². The molecule has 41 heavy (non-hydrogen) atoms. The van der Waals surface area contributed by atoms with E-state index in [1.54, 1.807) is 6.07 Å². The summed E-state index contributed by atoms with van der Waals surface area (Å²) in [6.45, 7) is 7.83. The van der Waals surface area contributed by atoms with Gasteiger partial charge in [-0.25, -0.2) is 18.1 Å². The van der Waals surface area contributed by atoms with E-state index >= 15 is 0 Å². The van der Waals surface area contributed by atoms with Crippen LogP contribution in [0.3, 0.4) is 0 Å². The van der Waals surface area contributed by atoms with Crippen LogP contribution in [-0.4, -0.2) is 73.3 Å². The van der Waals surface area contributed by atoms with Gasteiger partial charge in [-0.2, -0.15) is 10.1 Å². The minimum Gasteiger partial charge on any atom is -0.493 e. The number of nitrogens with zero attached hydrogens (tertiary/aromatic N) is 5. The van der Waals surface area contributed by atoms with Crippen LogP contribution in [0.25, 0.3) is 11.3 Å². The van der Waals surface area contributed by atoms with Crippen molar-refractivity contribution in [2.24, 2.45) is 0 Å². The molecule has 0 unspecified atom stereocenters. The van der Waals surface area contributed by atoms with Gasteiger partial charge in [-0.1, -0.05) is 36.7 Å². The molecule has 4 aromatic rings. The third-order valence-electron chi connectivity index (χ3n) is 6.77. The second-order valence-corrected chi connectivity index (χ2v) is 11.5. The fourth-order valence-corrected chi connectivity index (χ4v) is 5.75. The molecule has 2 aromatic carbocycles. The molecule has 1 aliphatic rings. The molecule has 3 heterocycles. The van der Waals surface area contributed by atoms with Crippen LogP contribution in [0, 0.1) is 0 Å². The molecule has 2 N–H and O–H groups in total. The third kappa shape index (κ3) is 6.24. The zero-order valence-corrected chi connectivity index (χ0v) is 24.7. The normalized spacial score (nSPS) is 14.2. The lowest BCUT2D eigenvalue weighted by atomic mass is 10.0. The third-order valence-corrected chi connectivity index (χ3v) is 8.44. The van der Waals surface area contributed by atoms with E-state index in [4.69, 9.17) is 21.1 Å². The number of hydrogen-bond donors (Lipinski definition) is 2. The summed E-state index contributed by atoms with van der Waals surface area (Å²) in [5.41, 5.74) is 2.70. The fourth-order valence-electron chi connectivity index (χ4n) is 4.62. The van der Waals surface area contributed by atoms with E-state index in [0.29, 0.717) is 46.4 Å². The van der Waals surface area contributed by atoms with Crippen molar-refractivity contribution in [1.29, 1.82) is 0 Å². The van der Waals surface area contributed by atoms with E-state index in [2.05, 4.69) is 41.7 Å². The smallest absolute Gasteiger partial charge is 0.267 e. The number of para-hydroxylation sites is 1. The summed E-state index contributed by atoms with van der Waals surface area (Å²) in [5, 5.41) is 6.71. The van der Waals surface area contributed by atoms with Gasteiger partial charge in [0.25, 0.3) is 10.0 Å². The Morgan fingerprint density at radius 1 is 1.02 bits per heavy atom. The summed E-state index contributed by atoms with van der Waals surface area (Å²) in [4.78, 5) is 13.6. The van der Waals surface area contributed by atoms with Gasteiger partial charge in [0.05, 0.1) is 24.2 Å². The lowest BCUT2D eigenvalue weighted by molar-refractivity contribution is 0.313. The lowest BCUT2D eigenvalue weighted by Gasteiger charge is -2.34. The van der Waals surface area contributed by atoms with Crippen molar-refractivity contribution in [2.45, 2.75) is 25.2 Å². The van der Waals surface area contributed by atoms with Crippen molar-refractivity contribution >= 4 is 33.3 Å². The maximum Gasteiger partial charge on any atom is 0.267 e. The summed E-state index contributed by atoms with van der Waals surface area (Å²) in [7, 11) is -1.93. The molecule has 0 amide bonds. The van der Waals surface area contributed by atoms with Crippen LogP contribution in [-0.2, 0) is 16.4 Å². The SMILES string of the molecule is CCOc1ccccc1-c1nc(NS(=O)(=O)c2cn[nH]c2)nc(Oc2cccc(N3CCN(C)CC3)c2Cl)c1CC. The number of hydrogen-bond acceptors (Lipinski definition) is 9. The summed E-state index contributed by atoms with van der Waals surface area (Å²) < 4.78 is 40.8. The maximum absolute atomic E-state index is 13.1. The maximum atomic E-state index is 13.1. The zero-order chi connectivity index (χ0) is 29.0. The number of H-pyrrole nitrogens is 1. The highest BCUT2D eigenvalue weighted by Gasteiger charge is 2.25. The number of piperazine rings is 1. The van der Waals surface area contributed by atoms with Crippen LogP contribution in [0.15, 0.2) is 59.8 Å². The Balaban J connectivity index is 1.61. The van der Waals surface area contributed by atoms with E-state index in [0.717, 1.165) is 31.9 Å². The van der Waals surface area contributed by atoms with Crippen molar-refractivity contribution in [3.05, 3.63) is 65.4 Å². The number of aromatic nitrogens is 4. The number of halogens is 1. The Morgan fingerprint density at radius 3 is 2.49 bits per heavy atom. The first kappa shape index (κ1) is 28.7.